The molecule has 94 valence electrons. The van der Waals surface area contributed by atoms with Crippen molar-refractivity contribution in [1.29, 1.82) is 0 Å². The van der Waals surface area contributed by atoms with Gasteiger partial charge in [0.15, 0.2) is 0 Å². The Morgan fingerprint density at radius 2 is 1.00 bits per heavy atom. The third kappa shape index (κ3) is 5.44. The number of hydrogen-bond acceptors (Lipinski definition) is 2. The summed E-state index contributed by atoms with van der Waals surface area (Å²) in [4.78, 5) is 0. The van der Waals surface area contributed by atoms with Crippen LogP contribution in [0.1, 0.15) is 41.5 Å². The van der Waals surface area contributed by atoms with E-state index in [1.165, 1.54) is 13.1 Å². The Morgan fingerprint density at radius 1 is 0.733 bits per heavy atom. The molecule has 1 aliphatic heterocycles. The Kier molecular flexibility index (Phi) is 7.81. The molecule has 1 fully saturated rings. The van der Waals surface area contributed by atoms with Crippen LogP contribution in [0.25, 0.3) is 0 Å². The summed E-state index contributed by atoms with van der Waals surface area (Å²) in [6.07, 6.45) is 0. The summed E-state index contributed by atoms with van der Waals surface area (Å²) in [5.74, 6) is 0. The van der Waals surface area contributed by atoms with Crippen LogP contribution >= 0.6 is 24.8 Å². The predicted octanol–water partition coefficient (Wildman–Crippen LogP) is 2.58. The minimum atomic E-state index is -0.0881. The summed E-state index contributed by atoms with van der Waals surface area (Å²) in [6, 6.07) is 0. The number of rotatable bonds is 0. The van der Waals surface area contributed by atoms with Crippen LogP contribution in [0.2, 0.25) is 0 Å². The molecule has 0 atom stereocenters. The van der Waals surface area contributed by atoms with Gasteiger partial charge in [0.05, 0.1) is 0 Å². The summed E-state index contributed by atoms with van der Waals surface area (Å²) in [5.41, 5.74) is 0.754. The normalized spacial score (nSPS) is 19.6. The maximum atomic E-state index is 2.67. The maximum Gasteiger partial charge on any atom is -0.147 e. The molecular weight excluding hydrogens is 347 g/mol. The zero-order valence-corrected chi connectivity index (χ0v) is 14.5. The van der Waals surface area contributed by atoms with E-state index >= 15 is 0 Å². The van der Waals surface area contributed by atoms with Crippen molar-refractivity contribution in [3.63, 3.8) is 0 Å². The molecule has 0 unspecified atom stereocenters. The first-order valence-electron chi connectivity index (χ1n) is 4.94. The Morgan fingerprint density at radius 3 is 1.13 bits per heavy atom. The Balaban J connectivity index is 0. The standard InChI is InChI=1S/C10H22N2Te.2ClH/c1-9(2,3)11-7-8-12(13-11)10(4,5)6;;/h7-8H2,1-6H3;2*1H. The van der Waals surface area contributed by atoms with Crippen molar-refractivity contribution in [2.75, 3.05) is 13.1 Å². The molecular formula is C10H24Cl2N2Te. The molecule has 1 saturated heterocycles. The Hall–Kier alpha value is 1.29. The molecule has 0 aliphatic carbocycles. The van der Waals surface area contributed by atoms with Crippen LogP contribution in [0, 0.1) is 0 Å². The maximum absolute atomic E-state index is 2.67. The summed E-state index contributed by atoms with van der Waals surface area (Å²) in [6.45, 7) is 16.5. The van der Waals surface area contributed by atoms with Crippen molar-refractivity contribution in [3.8, 4) is 0 Å². The average molecular weight is 371 g/mol. The van der Waals surface area contributed by atoms with Gasteiger partial charge in [-0.25, -0.2) is 0 Å². The van der Waals surface area contributed by atoms with Gasteiger partial charge in [0.25, 0.3) is 0 Å². The monoisotopic (exact) mass is 372 g/mol. The van der Waals surface area contributed by atoms with Crippen LogP contribution in [0.15, 0.2) is 0 Å². The number of hydrogen-bond donors (Lipinski definition) is 0. The predicted molar refractivity (Wildman–Crippen MR) is 73.2 cm³/mol. The number of nitrogens with zero attached hydrogens (tertiary/aromatic N) is 2. The summed E-state index contributed by atoms with van der Waals surface area (Å²) in [7, 11) is 0. The molecule has 1 rings (SSSR count). The molecule has 0 spiro atoms. The van der Waals surface area contributed by atoms with Gasteiger partial charge in [0.2, 0.25) is 0 Å². The molecule has 0 N–H and O–H groups in total. The first-order valence-corrected chi connectivity index (χ1v) is 7.03. The Labute approximate surface area is 118 Å². The Bertz CT molecular complexity index is 167. The van der Waals surface area contributed by atoms with Gasteiger partial charge in [-0.2, -0.15) is 0 Å². The topological polar surface area (TPSA) is 6.48 Å². The van der Waals surface area contributed by atoms with Gasteiger partial charge in [-0.15, -0.1) is 24.8 Å². The molecule has 0 aromatic heterocycles. The minimum absolute atomic E-state index is 0. The van der Waals surface area contributed by atoms with Crippen LogP contribution in [0.4, 0.5) is 0 Å². The van der Waals surface area contributed by atoms with Gasteiger partial charge in [-0.1, -0.05) is 0 Å². The van der Waals surface area contributed by atoms with E-state index in [-0.39, 0.29) is 46.3 Å². The molecule has 0 bridgehead atoms. The molecule has 0 amide bonds. The second-order valence-electron chi connectivity index (χ2n) is 5.63. The zero-order chi connectivity index (χ0) is 10.3. The molecule has 1 aliphatic rings. The van der Waals surface area contributed by atoms with Crippen molar-refractivity contribution in [3.05, 3.63) is 0 Å². The molecule has 1 heterocycles. The quantitative estimate of drug-likeness (QED) is 0.605. The van der Waals surface area contributed by atoms with Crippen molar-refractivity contribution in [2.45, 2.75) is 52.6 Å². The molecule has 2 nitrogen and oxygen atoms in total. The fraction of sp³-hybridized carbons (Fsp3) is 1.00. The first kappa shape index (κ1) is 18.6. The van der Waals surface area contributed by atoms with E-state index in [4.69, 9.17) is 0 Å². The van der Waals surface area contributed by atoms with E-state index in [2.05, 4.69) is 47.8 Å². The van der Waals surface area contributed by atoms with Crippen LogP contribution in [-0.4, -0.2) is 51.9 Å². The van der Waals surface area contributed by atoms with Gasteiger partial charge in [-0.05, 0) is 0 Å². The van der Waals surface area contributed by atoms with Crippen molar-refractivity contribution < 1.29 is 0 Å². The number of halogens is 2. The summed E-state index contributed by atoms with van der Waals surface area (Å²) < 4.78 is 5.34. The fourth-order valence-corrected chi connectivity index (χ4v) is 4.31. The summed E-state index contributed by atoms with van der Waals surface area (Å²) in [5, 5.41) is 0. The van der Waals surface area contributed by atoms with Gasteiger partial charge in [0, 0.05) is 0 Å². The van der Waals surface area contributed by atoms with E-state index in [9.17, 15) is 0 Å². The van der Waals surface area contributed by atoms with E-state index in [1.807, 2.05) is 0 Å². The van der Waals surface area contributed by atoms with E-state index in [0.717, 1.165) is 0 Å². The second-order valence-corrected chi connectivity index (χ2v) is 8.61. The van der Waals surface area contributed by atoms with E-state index < -0.39 is 0 Å². The largest absolute Gasteiger partial charge is 0.147 e. The molecule has 0 radical (unpaired) electrons. The fourth-order valence-electron chi connectivity index (χ4n) is 1.30. The minimum Gasteiger partial charge on any atom is -0.147 e. The second kappa shape index (κ2) is 6.28. The SMILES string of the molecule is CC(C)(C)N1CCN(C(C)(C)C)[Te]1.Cl.Cl. The molecule has 0 aromatic carbocycles. The average Bonchev–Trinajstić information content (AvgIpc) is 2.28. The molecule has 0 aromatic rings. The van der Waals surface area contributed by atoms with E-state index in [1.54, 1.807) is 0 Å². The van der Waals surface area contributed by atoms with Crippen molar-refractivity contribution >= 4 is 46.3 Å². The van der Waals surface area contributed by atoms with Crippen LogP contribution in [0.3, 0.4) is 0 Å². The third-order valence-electron chi connectivity index (χ3n) is 2.20. The molecule has 15 heavy (non-hydrogen) atoms. The molecule has 5 heteroatoms. The van der Waals surface area contributed by atoms with Gasteiger partial charge < -0.3 is 0 Å². The smallest absolute Gasteiger partial charge is 0.147 e. The molecule has 0 saturated carbocycles. The zero-order valence-electron chi connectivity index (χ0n) is 10.5. The van der Waals surface area contributed by atoms with Crippen LogP contribution in [-0.2, 0) is 0 Å². The van der Waals surface area contributed by atoms with Crippen LogP contribution in [0.5, 0.6) is 0 Å². The van der Waals surface area contributed by atoms with Crippen molar-refractivity contribution in [1.82, 2.24) is 6.30 Å². The van der Waals surface area contributed by atoms with Crippen LogP contribution < -0.4 is 0 Å². The van der Waals surface area contributed by atoms with Gasteiger partial charge in [-0.3, -0.25) is 0 Å². The first-order chi connectivity index (χ1) is 5.71. The van der Waals surface area contributed by atoms with Gasteiger partial charge in [0.1, 0.15) is 0 Å². The van der Waals surface area contributed by atoms with E-state index in [0.29, 0.717) is 11.1 Å². The van der Waals surface area contributed by atoms with Crippen molar-refractivity contribution in [2.24, 2.45) is 0 Å². The third-order valence-corrected chi connectivity index (χ3v) is 7.49. The summed E-state index contributed by atoms with van der Waals surface area (Å²) >= 11 is -0.0881. The van der Waals surface area contributed by atoms with Gasteiger partial charge >= 0.3 is 93.5 Å².